The molecule has 0 aromatic heterocycles. The number of urea groups is 1. The summed E-state index contributed by atoms with van der Waals surface area (Å²) in [7, 11) is 1.81. The fourth-order valence-corrected chi connectivity index (χ4v) is 2.38. The van der Waals surface area contributed by atoms with Crippen LogP contribution in [-0.4, -0.2) is 38.6 Å². The van der Waals surface area contributed by atoms with E-state index in [2.05, 4.69) is 16.0 Å². The molecule has 1 aliphatic heterocycles. The van der Waals surface area contributed by atoms with Crippen LogP contribution < -0.4 is 20.9 Å². The Morgan fingerprint density at radius 3 is 2.86 bits per heavy atom. The smallest absolute Gasteiger partial charge is 0.321 e. The van der Waals surface area contributed by atoms with Gasteiger partial charge in [0, 0.05) is 31.7 Å². The summed E-state index contributed by atoms with van der Waals surface area (Å²) in [6.45, 7) is 3.82. The summed E-state index contributed by atoms with van der Waals surface area (Å²) in [5.74, 6) is -0.0353. The minimum atomic E-state index is -0.0880. The summed E-state index contributed by atoms with van der Waals surface area (Å²) in [5.41, 5.74) is 2.74. The van der Waals surface area contributed by atoms with Crippen LogP contribution in [0.25, 0.3) is 0 Å². The summed E-state index contributed by atoms with van der Waals surface area (Å²) >= 11 is 0. The summed E-state index contributed by atoms with van der Waals surface area (Å²) in [6.07, 6.45) is 1.27. The largest absolute Gasteiger partial charge is 0.338 e. The van der Waals surface area contributed by atoms with Crippen LogP contribution in [0.15, 0.2) is 18.2 Å². The van der Waals surface area contributed by atoms with E-state index in [-0.39, 0.29) is 11.9 Å². The number of benzene rings is 1. The average Bonchev–Trinajstić information content (AvgIpc) is 2.88. The molecule has 0 saturated carbocycles. The van der Waals surface area contributed by atoms with Gasteiger partial charge < -0.3 is 16.0 Å². The second-order valence-electron chi connectivity index (χ2n) is 4.98. The minimum Gasteiger partial charge on any atom is -0.338 e. The highest BCUT2D eigenvalue weighted by Gasteiger charge is 2.24. The van der Waals surface area contributed by atoms with Crippen molar-refractivity contribution in [3.63, 3.8) is 0 Å². The maximum atomic E-state index is 12.0. The Morgan fingerprint density at radius 1 is 1.33 bits per heavy atom. The van der Waals surface area contributed by atoms with Crippen molar-refractivity contribution in [3.05, 3.63) is 23.8 Å². The molecule has 6 nitrogen and oxygen atoms in total. The molecule has 1 aliphatic rings. The van der Waals surface area contributed by atoms with E-state index in [0.717, 1.165) is 23.4 Å². The lowest BCUT2D eigenvalue weighted by atomic mass is 10.1. The van der Waals surface area contributed by atoms with Crippen LogP contribution in [0.4, 0.5) is 16.2 Å². The lowest BCUT2D eigenvalue weighted by Crippen LogP contribution is -2.38. The number of nitrogens with zero attached hydrogens (tertiary/aromatic N) is 1. The molecule has 6 heteroatoms. The molecular weight excluding hydrogens is 268 g/mol. The van der Waals surface area contributed by atoms with E-state index in [1.54, 1.807) is 4.90 Å². The maximum absolute atomic E-state index is 12.0. The number of carbonyl (C=O) groups excluding carboxylic acids is 2. The molecule has 2 rings (SSSR count). The highest BCUT2D eigenvalue weighted by molar-refractivity contribution is 5.96. The monoisotopic (exact) mass is 290 g/mol. The lowest BCUT2D eigenvalue weighted by molar-refractivity contribution is -0.116. The van der Waals surface area contributed by atoms with Gasteiger partial charge in [-0.1, -0.05) is 6.07 Å². The third kappa shape index (κ3) is 3.72. The van der Waals surface area contributed by atoms with Crippen molar-refractivity contribution in [1.82, 2.24) is 10.6 Å². The first-order valence-electron chi connectivity index (χ1n) is 7.28. The minimum absolute atomic E-state index is 0.0353. The normalized spacial score (nSPS) is 13.0. The third-order valence-electron chi connectivity index (χ3n) is 3.44. The number of fused-ring (bicyclic) bond motifs is 1. The third-order valence-corrected chi connectivity index (χ3v) is 3.44. The van der Waals surface area contributed by atoms with E-state index in [0.29, 0.717) is 26.1 Å². The second kappa shape index (κ2) is 7.08. The van der Waals surface area contributed by atoms with Crippen molar-refractivity contribution in [1.29, 1.82) is 0 Å². The summed E-state index contributed by atoms with van der Waals surface area (Å²) < 4.78 is 0. The number of hydrogen-bond acceptors (Lipinski definition) is 3. The number of anilines is 2. The standard InChI is InChI=1S/C15H22N4O2/c1-3-17-15(21)19-9-7-11-4-5-12(10-13(11)19)18-14(20)6-8-16-2/h4-5,10,16H,3,6-9H2,1-2H3,(H,17,21)(H,18,20). The number of rotatable bonds is 5. The van der Waals surface area contributed by atoms with Crippen molar-refractivity contribution in [2.24, 2.45) is 0 Å². The van der Waals surface area contributed by atoms with Gasteiger partial charge in [-0.25, -0.2) is 4.79 Å². The quantitative estimate of drug-likeness (QED) is 0.766. The van der Waals surface area contributed by atoms with E-state index < -0.39 is 0 Å². The van der Waals surface area contributed by atoms with Crippen LogP contribution in [0.5, 0.6) is 0 Å². The van der Waals surface area contributed by atoms with Crippen molar-refractivity contribution >= 4 is 23.3 Å². The summed E-state index contributed by atoms with van der Waals surface area (Å²) in [4.78, 5) is 25.5. The van der Waals surface area contributed by atoms with Gasteiger partial charge in [0.05, 0.1) is 5.69 Å². The zero-order valence-corrected chi connectivity index (χ0v) is 12.5. The van der Waals surface area contributed by atoms with Crippen LogP contribution in [0.1, 0.15) is 18.9 Å². The summed E-state index contributed by atoms with van der Waals surface area (Å²) in [5, 5.41) is 8.61. The van der Waals surface area contributed by atoms with Gasteiger partial charge in [-0.15, -0.1) is 0 Å². The predicted octanol–water partition coefficient (Wildman–Crippen LogP) is 1.33. The average molecular weight is 290 g/mol. The lowest BCUT2D eigenvalue weighted by Gasteiger charge is -2.18. The van der Waals surface area contributed by atoms with Crippen LogP contribution >= 0.6 is 0 Å². The Labute approximate surface area is 124 Å². The first kappa shape index (κ1) is 15.3. The van der Waals surface area contributed by atoms with Gasteiger partial charge >= 0.3 is 6.03 Å². The second-order valence-corrected chi connectivity index (χ2v) is 4.98. The van der Waals surface area contributed by atoms with Gasteiger partial charge in [0.25, 0.3) is 0 Å². The number of nitrogens with one attached hydrogen (secondary N) is 3. The summed E-state index contributed by atoms with van der Waals surface area (Å²) in [6, 6.07) is 5.64. The van der Waals surface area contributed by atoms with Crippen LogP contribution in [0.3, 0.4) is 0 Å². The molecule has 0 fully saturated rings. The topological polar surface area (TPSA) is 73.5 Å². The van der Waals surface area contributed by atoms with Gasteiger partial charge in [-0.05, 0) is 38.1 Å². The Hall–Kier alpha value is -2.08. The van der Waals surface area contributed by atoms with Crippen molar-refractivity contribution in [3.8, 4) is 0 Å². The van der Waals surface area contributed by atoms with Crippen molar-refractivity contribution in [2.75, 3.05) is 36.9 Å². The molecule has 1 aromatic rings. The van der Waals surface area contributed by atoms with Gasteiger partial charge in [-0.2, -0.15) is 0 Å². The Balaban J connectivity index is 2.09. The molecule has 0 radical (unpaired) electrons. The Kier molecular flexibility index (Phi) is 5.16. The van der Waals surface area contributed by atoms with E-state index >= 15 is 0 Å². The highest BCUT2D eigenvalue weighted by atomic mass is 16.2. The fraction of sp³-hybridized carbons (Fsp3) is 0.467. The van der Waals surface area contributed by atoms with E-state index in [1.807, 2.05) is 32.2 Å². The molecule has 0 bridgehead atoms. The molecule has 0 saturated heterocycles. The molecule has 114 valence electrons. The first-order chi connectivity index (χ1) is 10.2. The predicted molar refractivity (Wildman–Crippen MR) is 83.7 cm³/mol. The SMILES string of the molecule is CCNC(=O)N1CCc2ccc(NC(=O)CCNC)cc21. The Bertz CT molecular complexity index is 530. The van der Waals surface area contributed by atoms with Gasteiger partial charge in [0.2, 0.25) is 5.91 Å². The molecule has 0 spiro atoms. The molecular formula is C15H22N4O2. The zero-order chi connectivity index (χ0) is 15.2. The van der Waals surface area contributed by atoms with E-state index in [4.69, 9.17) is 0 Å². The number of hydrogen-bond donors (Lipinski definition) is 3. The molecule has 0 aliphatic carbocycles. The van der Waals surface area contributed by atoms with Gasteiger partial charge in [-0.3, -0.25) is 9.69 Å². The molecule has 21 heavy (non-hydrogen) atoms. The molecule has 3 amide bonds. The van der Waals surface area contributed by atoms with Crippen LogP contribution in [-0.2, 0) is 11.2 Å². The Morgan fingerprint density at radius 2 is 2.14 bits per heavy atom. The van der Waals surface area contributed by atoms with Crippen molar-refractivity contribution in [2.45, 2.75) is 19.8 Å². The molecule has 0 atom stereocenters. The van der Waals surface area contributed by atoms with E-state index in [1.165, 1.54) is 0 Å². The molecule has 0 unspecified atom stereocenters. The van der Waals surface area contributed by atoms with Gasteiger partial charge in [0.15, 0.2) is 0 Å². The molecule has 1 heterocycles. The highest BCUT2D eigenvalue weighted by Crippen LogP contribution is 2.30. The van der Waals surface area contributed by atoms with Crippen LogP contribution in [0.2, 0.25) is 0 Å². The van der Waals surface area contributed by atoms with Crippen LogP contribution in [0, 0.1) is 0 Å². The maximum Gasteiger partial charge on any atom is 0.321 e. The zero-order valence-electron chi connectivity index (χ0n) is 12.5. The van der Waals surface area contributed by atoms with E-state index in [9.17, 15) is 9.59 Å². The number of carbonyl (C=O) groups is 2. The molecule has 1 aromatic carbocycles. The molecule has 3 N–H and O–H groups in total. The fourth-order valence-electron chi connectivity index (χ4n) is 2.38. The first-order valence-corrected chi connectivity index (χ1v) is 7.28. The van der Waals surface area contributed by atoms with Crippen molar-refractivity contribution < 1.29 is 9.59 Å². The van der Waals surface area contributed by atoms with Gasteiger partial charge in [0.1, 0.15) is 0 Å². The number of amides is 3.